The highest BCUT2D eigenvalue weighted by Gasteiger charge is 2.35. The Morgan fingerprint density at radius 3 is 2.50 bits per heavy atom. The molecule has 1 heterocycles. The van der Waals surface area contributed by atoms with Crippen molar-refractivity contribution in [2.45, 2.75) is 31.8 Å². The van der Waals surface area contributed by atoms with E-state index in [2.05, 4.69) is 43.2 Å². The van der Waals surface area contributed by atoms with Crippen molar-refractivity contribution < 1.29 is 18.7 Å². The molecule has 5 nitrogen and oxygen atoms in total. The lowest BCUT2D eigenvalue weighted by Crippen LogP contribution is -2.39. The average Bonchev–Trinajstić information content (AvgIpc) is 3.78. The van der Waals surface area contributed by atoms with Gasteiger partial charge in [0.1, 0.15) is 30.5 Å². The smallest absolute Gasteiger partial charge is 0.251 e. The fraction of sp³-hybridized carbons (Fsp3) is 0.300. The van der Waals surface area contributed by atoms with E-state index in [1.165, 1.54) is 12.1 Å². The molecule has 5 rings (SSSR count). The molecule has 198 valence electrons. The molecule has 0 bridgehead atoms. The zero-order valence-electron chi connectivity index (χ0n) is 20.9. The first-order chi connectivity index (χ1) is 18.5. The lowest BCUT2D eigenvalue weighted by molar-refractivity contribution is -0.128. The van der Waals surface area contributed by atoms with Crippen LogP contribution < -0.4 is 14.8 Å². The molecule has 3 aromatic carbocycles. The lowest BCUT2D eigenvalue weighted by atomic mass is 9.93. The van der Waals surface area contributed by atoms with Crippen molar-refractivity contribution in [2.75, 3.05) is 26.3 Å². The Morgan fingerprint density at radius 2 is 1.74 bits per heavy atom. The topological polar surface area (TPSA) is 50.8 Å². The SMILES string of the molecule is O=C(C1=C(c2ccc(OCCOc3cc(F)ccc3Br)cc2)CCNC1)N(Cc1ccccc1Br)C1CC1. The van der Waals surface area contributed by atoms with Gasteiger partial charge in [-0.05, 0) is 88.8 Å². The minimum absolute atomic E-state index is 0.117. The molecule has 1 fully saturated rings. The van der Waals surface area contributed by atoms with Crippen LogP contribution in [0, 0.1) is 5.82 Å². The van der Waals surface area contributed by atoms with E-state index in [4.69, 9.17) is 9.47 Å². The van der Waals surface area contributed by atoms with Gasteiger partial charge in [0.15, 0.2) is 0 Å². The predicted octanol–water partition coefficient (Wildman–Crippen LogP) is 6.75. The summed E-state index contributed by atoms with van der Waals surface area (Å²) >= 11 is 6.99. The van der Waals surface area contributed by atoms with Crippen LogP contribution in [0.5, 0.6) is 11.5 Å². The van der Waals surface area contributed by atoms with E-state index >= 15 is 0 Å². The van der Waals surface area contributed by atoms with E-state index in [0.717, 1.165) is 52.6 Å². The van der Waals surface area contributed by atoms with Crippen LogP contribution in [-0.2, 0) is 11.3 Å². The highest BCUT2D eigenvalue weighted by Crippen LogP contribution is 2.34. The van der Waals surface area contributed by atoms with Gasteiger partial charge in [-0.25, -0.2) is 4.39 Å². The Hall–Kier alpha value is -2.68. The number of hydrogen-bond acceptors (Lipinski definition) is 4. The number of carbonyl (C=O) groups is 1. The van der Waals surface area contributed by atoms with Gasteiger partial charge in [-0.1, -0.05) is 46.3 Å². The van der Waals surface area contributed by atoms with E-state index in [1.807, 2.05) is 47.4 Å². The van der Waals surface area contributed by atoms with E-state index in [1.54, 1.807) is 6.07 Å². The fourth-order valence-corrected chi connectivity index (χ4v) is 5.37. The van der Waals surface area contributed by atoms with Crippen LogP contribution in [0.15, 0.2) is 81.2 Å². The van der Waals surface area contributed by atoms with E-state index < -0.39 is 0 Å². The second kappa shape index (κ2) is 12.5. The molecule has 1 amide bonds. The maximum absolute atomic E-state index is 13.8. The minimum Gasteiger partial charge on any atom is -0.490 e. The number of amides is 1. The lowest BCUT2D eigenvalue weighted by Gasteiger charge is -2.28. The Kier molecular flexibility index (Phi) is 8.82. The maximum atomic E-state index is 13.8. The van der Waals surface area contributed by atoms with Crippen LogP contribution in [0.3, 0.4) is 0 Å². The molecular weight excluding hydrogens is 615 g/mol. The largest absolute Gasteiger partial charge is 0.490 e. The van der Waals surface area contributed by atoms with Crippen molar-refractivity contribution in [3.8, 4) is 11.5 Å². The maximum Gasteiger partial charge on any atom is 0.251 e. The number of rotatable bonds is 10. The van der Waals surface area contributed by atoms with Crippen molar-refractivity contribution in [1.82, 2.24) is 10.2 Å². The molecular formula is C30H29Br2FN2O3. The summed E-state index contributed by atoms with van der Waals surface area (Å²) in [7, 11) is 0. The first-order valence-electron chi connectivity index (χ1n) is 12.8. The molecule has 0 aromatic heterocycles. The standard InChI is InChI=1S/C30H29Br2FN2O3/c31-27-4-2-1-3-21(27)19-35(23-8-9-23)30(36)26-18-34-14-13-25(26)20-5-10-24(11-6-20)37-15-16-38-29-17-22(33)7-12-28(29)32/h1-7,10-12,17,23,34H,8-9,13-16,18-19H2. The molecule has 2 aliphatic rings. The number of nitrogens with zero attached hydrogens (tertiary/aromatic N) is 1. The number of hydrogen-bond donors (Lipinski definition) is 1. The minimum atomic E-state index is -0.349. The molecule has 0 saturated heterocycles. The Balaban J connectivity index is 1.25. The van der Waals surface area contributed by atoms with Gasteiger partial charge in [0.2, 0.25) is 0 Å². The third kappa shape index (κ3) is 6.65. The number of halogens is 3. The van der Waals surface area contributed by atoms with Crippen LogP contribution >= 0.6 is 31.9 Å². The van der Waals surface area contributed by atoms with Crippen molar-refractivity contribution in [2.24, 2.45) is 0 Å². The van der Waals surface area contributed by atoms with Crippen molar-refractivity contribution in [3.63, 3.8) is 0 Å². The summed E-state index contributed by atoms with van der Waals surface area (Å²) in [5.41, 5.74) is 4.10. The summed E-state index contributed by atoms with van der Waals surface area (Å²) in [6.07, 6.45) is 2.90. The van der Waals surface area contributed by atoms with Crippen molar-refractivity contribution in [3.05, 3.63) is 98.2 Å². The van der Waals surface area contributed by atoms with Gasteiger partial charge in [-0.2, -0.15) is 0 Å². The monoisotopic (exact) mass is 642 g/mol. The van der Waals surface area contributed by atoms with Gasteiger partial charge in [0.25, 0.3) is 5.91 Å². The van der Waals surface area contributed by atoms with Crippen LogP contribution in [0.2, 0.25) is 0 Å². The second-order valence-corrected chi connectivity index (χ2v) is 11.1. The zero-order valence-corrected chi connectivity index (χ0v) is 24.1. The summed E-state index contributed by atoms with van der Waals surface area (Å²) < 4.78 is 26.6. The highest BCUT2D eigenvalue weighted by atomic mass is 79.9. The van der Waals surface area contributed by atoms with Gasteiger partial charge in [0, 0.05) is 35.2 Å². The summed E-state index contributed by atoms with van der Waals surface area (Å²) in [5, 5.41) is 3.39. The molecule has 8 heteroatoms. The van der Waals surface area contributed by atoms with Gasteiger partial charge in [0.05, 0.1) is 4.47 Å². The predicted molar refractivity (Wildman–Crippen MR) is 154 cm³/mol. The first-order valence-corrected chi connectivity index (χ1v) is 14.4. The van der Waals surface area contributed by atoms with Gasteiger partial charge >= 0.3 is 0 Å². The fourth-order valence-electron chi connectivity index (χ4n) is 4.60. The molecule has 38 heavy (non-hydrogen) atoms. The van der Waals surface area contributed by atoms with E-state index in [9.17, 15) is 9.18 Å². The molecule has 0 atom stereocenters. The van der Waals surface area contributed by atoms with E-state index in [0.29, 0.717) is 41.7 Å². The number of nitrogens with one attached hydrogen (secondary N) is 1. The third-order valence-electron chi connectivity index (χ3n) is 6.73. The van der Waals surface area contributed by atoms with Crippen LogP contribution in [-0.4, -0.2) is 43.2 Å². The molecule has 1 N–H and O–H groups in total. The van der Waals surface area contributed by atoms with Gasteiger partial charge in [-0.15, -0.1) is 0 Å². The van der Waals surface area contributed by atoms with Crippen LogP contribution in [0.4, 0.5) is 4.39 Å². The molecule has 1 aliphatic carbocycles. The number of ether oxygens (including phenoxy) is 2. The Labute approximate surface area is 239 Å². The van der Waals surface area contributed by atoms with E-state index in [-0.39, 0.29) is 18.3 Å². The van der Waals surface area contributed by atoms with Crippen LogP contribution in [0.25, 0.3) is 5.57 Å². The van der Waals surface area contributed by atoms with Crippen molar-refractivity contribution in [1.29, 1.82) is 0 Å². The third-order valence-corrected chi connectivity index (χ3v) is 8.16. The summed E-state index contributed by atoms with van der Waals surface area (Å²) in [6.45, 7) is 2.62. The molecule has 1 saturated carbocycles. The molecule has 0 unspecified atom stereocenters. The molecule has 0 radical (unpaired) electrons. The van der Waals surface area contributed by atoms with Crippen LogP contribution in [0.1, 0.15) is 30.4 Å². The quantitative estimate of drug-likeness (QED) is 0.249. The summed E-state index contributed by atoms with van der Waals surface area (Å²) in [6, 6.07) is 20.6. The molecule has 3 aromatic rings. The first kappa shape index (κ1) is 26.9. The number of benzene rings is 3. The average molecular weight is 644 g/mol. The van der Waals surface area contributed by atoms with Crippen molar-refractivity contribution >= 4 is 43.3 Å². The normalized spacial score (nSPS) is 15.3. The second-order valence-electron chi connectivity index (χ2n) is 9.44. The summed E-state index contributed by atoms with van der Waals surface area (Å²) in [4.78, 5) is 15.9. The Bertz CT molecular complexity index is 1330. The highest BCUT2D eigenvalue weighted by molar-refractivity contribution is 9.10. The van der Waals surface area contributed by atoms with Gasteiger partial charge < -0.3 is 19.7 Å². The van der Waals surface area contributed by atoms with Gasteiger partial charge in [-0.3, -0.25) is 4.79 Å². The number of carbonyl (C=O) groups excluding carboxylic acids is 1. The molecule has 1 aliphatic heterocycles. The molecule has 0 spiro atoms. The zero-order chi connectivity index (χ0) is 26.5. The summed E-state index contributed by atoms with van der Waals surface area (Å²) in [5.74, 6) is 0.926. The Morgan fingerprint density at radius 1 is 0.974 bits per heavy atom.